The lowest BCUT2D eigenvalue weighted by atomic mass is 9.94. The second-order valence-corrected chi connectivity index (χ2v) is 8.02. The first-order valence-electron chi connectivity index (χ1n) is 7.57. The largest absolute Gasteiger partial charge is 0.387 e. The van der Waals surface area contributed by atoms with Crippen molar-refractivity contribution in [2.45, 2.75) is 26.4 Å². The molecule has 0 aromatic heterocycles. The zero-order valence-corrected chi connectivity index (χ0v) is 14.0. The molecule has 1 saturated heterocycles. The topological polar surface area (TPSA) is 69.6 Å². The Morgan fingerprint density at radius 2 is 1.78 bits per heavy atom. The molecule has 0 bridgehead atoms. The van der Waals surface area contributed by atoms with Crippen molar-refractivity contribution >= 4 is 10.2 Å². The maximum Gasteiger partial charge on any atom is 0.279 e. The molecule has 1 aromatic carbocycles. The summed E-state index contributed by atoms with van der Waals surface area (Å²) in [6.45, 7) is 4.25. The smallest absolute Gasteiger partial charge is 0.279 e. The van der Waals surface area contributed by atoms with Crippen LogP contribution in [0.15, 0.2) is 18.2 Å². The van der Waals surface area contributed by atoms with Crippen molar-refractivity contribution in [3.8, 4) is 0 Å². The Labute approximate surface area is 135 Å². The summed E-state index contributed by atoms with van der Waals surface area (Å²) in [7, 11) is -3.80. The molecular formula is C15H22F2N2O3S. The zero-order chi connectivity index (χ0) is 17.2. The molecule has 1 aliphatic heterocycles. The van der Waals surface area contributed by atoms with E-state index in [0.29, 0.717) is 13.1 Å². The minimum absolute atomic E-state index is 0.240. The van der Waals surface area contributed by atoms with E-state index in [1.54, 1.807) is 0 Å². The third-order valence-electron chi connectivity index (χ3n) is 3.97. The van der Waals surface area contributed by atoms with Gasteiger partial charge in [-0.3, -0.25) is 0 Å². The van der Waals surface area contributed by atoms with E-state index in [1.807, 2.05) is 13.8 Å². The van der Waals surface area contributed by atoms with E-state index in [4.69, 9.17) is 0 Å². The Morgan fingerprint density at radius 1 is 1.26 bits per heavy atom. The summed E-state index contributed by atoms with van der Waals surface area (Å²) in [4.78, 5) is 0. The van der Waals surface area contributed by atoms with Crippen molar-refractivity contribution in [3.05, 3.63) is 35.4 Å². The van der Waals surface area contributed by atoms with Gasteiger partial charge in [-0.1, -0.05) is 19.9 Å². The van der Waals surface area contributed by atoms with E-state index in [-0.39, 0.29) is 11.8 Å². The van der Waals surface area contributed by atoms with Gasteiger partial charge in [0.25, 0.3) is 10.2 Å². The van der Waals surface area contributed by atoms with Crippen LogP contribution in [0.2, 0.25) is 0 Å². The van der Waals surface area contributed by atoms with Crippen molar-refractivity contribution in [3.63, 3.8) is 0 Å². The van der Waals surface area contributed by atoms with Gasteiger partial charge in [-0.15, -0.1) is 0 Å². The van der Waals surface area contributed by atoms with Crippen LogP contribution in [-0.2, 0) is 10.2 Å². The highest BCUT2D eigenvalue weighted by Gasteiger charge is 2.31. The average molecular weight is 348 g/mol. The Kier molecular flexibility index (Phi) is 5.72. The normalized spacial score (nSPS) is 24.6. The van der Waals surface area contributed by atoms with E-state index in [2.05, 4.69) is 4.72 Å². The van der Waals surface area contributed by atoms with Gasteiger partial charge in [-0.25, -0.2) is 8.78 Å². The summed E-state index contributed by atoms with van der Waals surface area (Å²) in [5.74, 6) is -1.33. The molecular weight excluding hydrogens is 326 g/mol. The van der Waals surface area contributed by atoms with Gasteiger partial charge in [-0.2, -0.15) is 17.4 Å². The van der Waals surface area contributed by atoms with Crippen LogP contribution in [0.4, 0.5) is 8.78 Å². The number of nitrogens with zero attached hydrogens (tertiary/aromatic N) is 1. The van der Waals surface area contributed by atoms with E-state index in [1.165, 1.54) is 10.4 Å². The first-order chi connectivity index (χ1) is 10.7. The number of rotatable bonds is 5. The van der Waals surface area contributed by atoms with E-state index in [9.17, 15) is 22.3 Å². The molecule has 5 nitrogen and oxygen atoms in total. The predicted molar refractivity (Wildman–Crippen MR) is 82.8 cm³/mol. The summed E-state index contributed by atoms with van der Waals surface area (Å²) in [5.41, 5.74) is -0.532. The number of benzene rings is 1. The van der Waals surface area contributed by atoms with Crippen LogP contribution >= 0.6 is 0 Å². The molecule has 3 unspecified atom stereocenters. The van der Waals surface area contributed by atoms with Gasteiger partial charge >= 0.3 is 0 Å². The fraction of sp³-hybridized carbons (Fsp3) is 0.600. The van der Waals surface area contributed by atoms with Crippen molar-refractivity contribution in [1.82, 2.24) is 9.03 Å². The summed E-state index contributed by atoms with van der Waals surface area (Å²) < 4.78 is 55.3. The van der Waals surface area contributed by atoms with Gasteiger partial charge in [-0.05, 0) is 30.4 Å². The van der Waals surface area contributed by atoms with Crippen molar-refractivity contribution in [2.75, 3.05) is 19.6 Å². The summed E-state index contributed by atoms with van der Waals surface area (Å²) in [5, 5.41) is 9.92. The van der Waals surface area contributed by atoms with Crippen molar-refractivity contribution < 1.29 is 22.3 Å². The molecule has 0 aliphatic carbocycles. The Balaban J connectivity index is 2.04. The molecule has 130 valence electrons. The molecule has 1 heterocycles. The molecule has 1 aromatic rings. The summed E-state index contributed by atoms with van der Waals surface area (Å²) in [6, 6.07) is 3.22. The molecule has 1 fully saturated rings. The molecule has 2 rings (SSSR count). The molecule has 8 heteroatoms. The van der Waals surface area contributed by atoms with Crippen LogP contribution in [-0.4, -0.2) is 37.5 Å². The number of aliphatic hydroxyl groups is 1. The number of hydrogen-bond acceptors (Lipinski definition) is 3. The molecule has 0 amide bonds. The van der Waals surface area contributed by atoms with Gasteiger partial charge in [0.15, 0.2) is 0 Å². The van der Waals surface area contributed by atoms with Crippen LogP contribution < -0.4 is 4.72 Å². The molecule has 2 N–H and O–H groups in total. The number of piperidine rings is 1. The van der Waals surface area contributed by atoms with Gasteiger partial charge in [0.05, 0.1) is 11.7 Å². The minimum Gasteiger partial charge on any atom is -0.387 e. The van der Waals surface area contributed by atoms with Crippen LogP contribution in [0.5, 0.6) is 0 Å². The highest BCUT2D eigenvalue weighted by Crippen LogP contribution is 2.24. The van der Waals surface area contributed by atoms with E-state index >= 15 is 0 Å². The third-order valence-corrected chi connectivity index (χ3v) is 5.48. The summed E-state index contributed by atoms with van der Waals surface area (Å²) in [6.07, 6.45) is -0.639. The first kappa shape index (κ1) is 18.3. The highest BCUT2D eigenvalue weighted by molar-refractivity contribution is 7.87. The zero-order valence-electron chi connectivity index (χ0n) is 13.2. The monoisotopic (exact) mass is 348 g/mol. The van der Waals surface area contributed by atoms with Gasteiger partial charge in [0, 0.05) is 19.6 Å². The molecule has 0 saturated carbocycles. The lowest BCUT2D eigenvalue weighted by molar-refractivity contribution is 0.169. The minimum atomic E-state index is -3.80. The van der Waals surface area contributed by atoms with Crippen LogP contribution in [0.25, 0.3) is 0 Å². The molecule has 3 atom stereocenters. The van der Waals surface area contributed by atoms with E-state index < -0.39 is 40.1 Å². The van der Waals surface area contributed by atoms with Crippen LogP contribution in [0, 0.1) is 23.5 Å². The number of halogens is 2. The number of hydrogen-bond donors (Lipinski definition) is 2. The van der Waals surface area contributed by atoms with E-state index in [0.717, 1.165) is 18.6 Å². The number of nitrogens with one attached hydrogen (secondary N) is 1. The fourth-order valence-electron chi connectivity index (χ4n) is 3.01. The maximum absolute atomic E-state index is 13.6. The predicted octanol–water partition coefficient (Wildman–Crippen LogP) is 1.81. The molecule has 0 spiro atoms. The van der Waals surface area contributed by atoms with Crippen molar-refractivity contribution in [2.24, 2.45) is 11.8 Å². The maximum atomic E-state index is 13.6. The lowest BCUT2D eigenvalue weighted by Gasteiger charge is -2.34. The SMILES string of the molecule is CC1CC(C)CN(S(=O)(=O)NCC(O)c2c(F)cccc2F)C1. The second kappa shape index (κ2) is 7.21. The highest BCUT2D eigenvalue weighted by atomic mass is 32.2. The molecule has 23 heavy (non-hydrogen) atoms. The Bertz CT molecular complexity index is 624. The summed E-state index contributed by atoms with van der Waals surface area (Å²) >= 11 is 0. The lowest BCUT2D eigenvalue weighted by Crippen LogP contribution is -2.48. The van der Waals surface area contributed by atoms with Crippen molar-refractivity contribution in [1.29, 1.82) is 0 Å². The fourth-order valence-corrected chi connectivity index (χ4v) is 4.46. The second-order valence-electron chi connectivity index (χ2n) is 6.27. The van der Waals surface area contributed by atoms with Crippen LogP contribution in [0.3, 0.4) is 0 Å². The van der Waals surface area contributed by atoms with Crippen LogP contribution in [0.1, 0.15) is 31.9 Å². The molecule has 0 radical (unpaired) electrons. The Hall–Kier alpha value is -1.09. The Morgan fingerprint density at radius 3 is 2.30 bits per heavy atom. The van der Waals surface area contributed by atoms with Gasteiger partial charge in [0.1, 0.15) is 11.6 Å². The van der Waals surface area contributed by atoms with Gasteiger partial charge in [0.2, 0.25) is 0 Å². The first-order valence-corrected chi connectivity index (χ1v) is 9.01. The molecule has 1 aliphatic rings. The number of aliphatic hydroxyl groups excluding tert-OH is 1. The standard InChI is InChI=1S/C15H22F2N2O3S/c1-10-6-11(2)9-19(8-10)23(21,22)18-7-14(20)15-12(16)4-3-5-13(15)17/h3-5,10-11,14,18,20H,6-9H2,1-2H3. The average Bonchev–Trinajstić information content (AvgIpc) is 2.44. The quantitative estimate of drug-likeness (QED) is 0.853. The third kappa shape index (κ3) is 4.47. The van der Waals surface area contributed by atoms with Gasteiger partial charge < -0.3 is 5.11 Å².